The molecule has 1 fully saturated rings. The molecule has 108 valence electrons. The minimum atomic E-state index is -0.236. The molecule has 2 aromatic rings. The van der Waals surface area contributed by atoms with Gasteiger partial charge in [0.15, 0.2) is 0 Å². The number of oxazole rings is 1. The molecule has 0 radical (unpaired) electrons. The molecule has 3 rings (SSSR count). The number of nitrogens with zero attached hydrogens (tertiary/aromatic N) is 2. The molecule has 0 aliphatic carbocycles. The number of hydrogen-bond acceptors (Lipinski definition) is 5. The van der Waals surface area contributed by atoms with E-state index in [0.717, 1.165) is 30.1 Å². The molecule has 0 spiro atoms. The van der Waals surface area contributed by atoms with E-state index < -0.39 is 0 Å². The van der Waals surface area contributed by atoms with E-state index >= 15 is 0 Å². The Kier molecular flexibility index (Phi) is 4.19. The molecule has 0 saturated carbocycles. The minimum Gasteiger partial charge on any atom is -0.444 e. The smallest absolute Gasteiger partial charge is 0.236 e. The molecule has 0 amide bonds. The standard InChI is InChI=1S/C15H20N2O2S/c1-11(18)8-13-4-2-6-17(13)9-12-10-19-15(16-12)14-5-3-7-20-14/h3,5,7,10-11,13,18H,2,4,6,8-9H2,1H3. The van der Waals surface area contributed by atoms with Gasteiger partial charge in [0.05, 0.1) is 16.7 Å². The molecule has 0 aromatic carbocycles. The fraction of sp³-hybridized carbons (Fsp3) is 0.533. The first-order valence-corrected chi connectivity index (χ1v) is 8.01. The predicted octanol–water partition coefficient (Wildman–Crippen LogP) is 3.14. The second kappa shape index (κ2) is 6.08. The first-order chi connectivity index (χ1) is 9.72. The highest BCUT2D eigenvalue weighted by atomic mass is 32.1. The number of aromatic nitrogens is 1. The molecule has 1 aliphatic heterocycles. The van der Waals surface area contributed by atoms with Crippen molar-refractivity contribution in [2.24, 2.45) is 0 Å². The van der Waals surface area contributed by atoms with Crippen LogP contribution in [0.2, 0.25) is 0 Å². The number of hydrogen-bond donors (Lipinski definition) is 1. The van der Waals surface area contributed by atoms with Crippen molar-refractivity contribution < 1.29 is 9.52 Å². The number of rotatable bonds is 5. The summed E-state index contributed by atoms with van der Waals surface area (Å²) in [6, 6.07) is 4.49. The minimum absolute atomic E-state index is 0.236. The molecule has 2 aromatic heterocycles. The Morgan fingerprint density at radius 3 is 3.25 bits per heavy atom. The molecule has 1 aliphatic rings. The van der Waals surface area contributed by atoms with E-state index in [9.17, 15) is 5.11 Å². The average molecular weight is 292 g/mol. The second-order valence-electron chi connectivity index (χ2n) is 5.47. The lowest BCUT2D eigenvalue weighted by Gasteiger charge is -2.24. The average Bonchev–Trinajstić information content (AvgIpc) is 3.11. The van der Waals surface area contributed by atoms with Gasteiger partial charge in [-0.2, -0.15) is 0 Å². The summed E-state index contributed by atoms with van der Waals surface area (Å²) in [5.41, 5.74) is 0.978. The highest BCUT2D eigenvalue weighted by Crippen LogP contribution is 2.26. The Hall–Kier alpha value is -1.17. The van der Waals surface area contributed by atoms with E-state index in [0.29, 0.717) is 11.9 Å². The van der Waals surface area contributed by atoms with Crippen LogP contribution in [0.15, 0.2) is 28.2 Å². The van der Waals surface area contributed by atoms with E-state index in [1.165, 1.54) is 12.8 Å². The van der Waals surface area contributed by atoms with Gasteiger partial charge in [-0.1, -0.05) is 6.07 Å². The van der Waals surface area contributed by atoms with Crippen molar-refractivity contribution in [2.45, 2.75) is 44.9 Å². The van der Waals surface area contributed by atoms with Gasteiger partial charge in [-0.25, -0.2) is 4.98 Å². The quantitative estimate of drug-likeness (QED) is 0.920. The highest BCUT2D eigenvalue weighted by molar-refractivity contribution is 7.13. The van der Waals surface area contributed by atoms with Crippen LogP contribution in [-0.4, -0.2) is 33.7 Å². The summed E-state index contributed by atoms with van der Waals surface area (Å²) < 4.78 is 5.56. The van der Waals surface area contributed by atoms with Gasteiger partial charge in [0, 0.05) is 12.6 Å². The summed E-state index contributed by atoms with van der Waals surface area (Å²) in [7, 11) is 0. The topological polar surface area (TPSA) is 49.5 Å². The second-order valence-corrected chi connectivity index (χ2v) is 6.42. The first-order valence-electron chi connectivity index (χ1n) is 7.13. The fourth-order valence-corrected chi connectivity index (χ4v) is 3.52. The third-order valence-electron chi connectivity index (χ3n) is 3.76. The zero-order valence-corrected chi connectivity index (χ0v) is 12.5. The maximum Gasteiger partial charge on any atom is 0.236 e. The molecule has 1 saturated heterocycles. The number of aliphatic hydroxyl groups excluding tert-OH is 1. The molecule has 1 N–H and O–H groups in total. The SMILES string of the molecule is CC(O)CC1CCCN1Cc1coc(-c2cccs2)n1. The van der Waals surface area contributed by atoms with Crippen molar-refractivity contribution in [1.82, 2.24) is 9.88 Å². The van der Waals surface area contributed by atoms with Gasteiger partial charge in [-0.05, 0) is 44.2 Å². The molecule has 2 atom stereocenters. The van der Waals surface area contributed by atoms with Gasteiger partial charge in [0.25, 0.3) is 0 Å². The van der Waals surface area contributed by atoms with Gasteiger partial charge in [-0.15, -0.1) is 11.3 Å². The molecular formula is C15H20N2O2S. The Bertz CT molecular complexity index is 536. The molecule has 5 heteroatoms. The van der Waals surface area contributed by atoms with Crippen LogP contribution >= 0.6 is 11.3 Å². The fourth-order valence-electron chi connectivity index (χ4n) is 2.87. The Morgan fingerprint density at radius 2 is 2.50 bits per heavy atom. The molecule has 4 nitrogen and oxygen atoms in total. The zero-order valence-electron chi connectivity index (χ0n) is 11.7. The maximum absolute atomic E-state index is 9.57. The lowest BCUT2D eigenvalue weighted by molar-refractivity contribution is 0.130. The van der Waals surface area contributed by atoms with Crippen molar-refractivity contribution in [3.8, 4) is 10.8 Å². The number of aliphatic hydroxyl groups is 1. The van der Waals surface area contributed by atoms with Crippen LogP contribution < -0.4 is 0 Å². The van der Waals surface area contributed by atoms with Crippen LogP contribution in [0.25, 0.3) is 10.8 Å². The molecule has 20 heavy (non-hydrogen) atoms. The zero-order chi connectivity index (χ0) is 13.9. The van der Waals surface area contributed by atoms with E-state index in [1.54, 1.807) is 17.6 Å². The van der Waals surface area contributed by atoms with Crippen LogP contribution in [-0.2, 0) is 6.54 Å². The normalized spacial score (nSPS) is 21.4. The van der Waals surface area contributed by atoms with Crippen molar-refractivity contribution in [3.63, 3.8) is 0 Å². The molecule has 2 unspecified atom stereocenters. The summed E-state index contributed by atoms with van der Waals surface area (Å²) >= 11 is 1.64. The number of likely N-dealkylation sites (tertiary alicyclic amines) is 1. The molecule has 3 heterocycles. The molecular weight excluding hydrogens is 272 g/mol. The van der Waals surface area contributed by atoms with Crippen LogP contribution in [0.4, 0.5) is 0 Å². The monoisotopic (exact) mass is 292 g/mol. The first kappa shape index (κ1) is 13.8. The molecule has 0 bridgehead atoms. The van der Waals surface area contributed by atoms with E-state index in [4.69, 9.17) is 4.42 Å². The summed E-state index contributed by atoms with van der Waals surface area (Å²) in [5.74, 6) is 0.710. The lowest BCUT2D eigenvalue weighted by atomic mass is 10.1. The largest absolute Gasteiger partial charge is 0.444 e. The third kappa shape index (κ3) is 3.11. The van der Waals surface area contributed by atoms with Crippen molar-refractivity contribution in [2.75, 3.05) is 6.54 Å². The van der Waals surface area contributed by atoms with Crippen molar-refractivity contribution in [1.29, 1.82) is 0 Å². The van der Waals surface area contributed by atoms with Gasteiger partial charge in [0.1, 0.15) is 6.26 Å². The van der Waals surface area contributed by atoms with Crippen LogP contribution in [0.3, 0.4) is 0 Å². The lowest BCUT2D eigenvalue weighted by Crippen LogP contribution is -2.31. The van der Waals surface area contributed by atoms with Gasteiger partial charge >= 0.3 is 0 Å². The number of thiophene rings is 1. The van der Waals surface area contributed by atoms with E-state index in [-0.39, 0.29) is 6.10 Å². The van der Waals surface area contributed by atoms with E-state index in [1.807, 2.05) is 24.4 Å². The summed E-state index contributed by atoms with van der Waals surface area (Å²) in [6.45, 7) is 3.76. The third-order valence-corrected chi connectivity index (χ3v) is 4.62. The highest BCUT2D eigenvalue weighted by Gasteiger charge is 2.26. The van der Waals surface area contributed by atoms with Gasteiger partial charge < -0.3 is 9.52 Å². The maximum atomic E-state index is 9.57. The van der Waals surface area contributed by atoms with Crippen molar-refractivity contribution in [3.05, 3.63) is 29.5 Å². The Balaban J connectivity index is 1.65. The van der Waals surface area contributed by atoms with Gasteiger partial charge in [0.2, 0.25) is 5.89 Å². The Labute approximate surface area is 123 Å². The van der Waals surface area contributed by atoms with Crippen molar-refractivity contribution >= 4 is 11.3 Å². The van der Waals surface area contributed by atoms with E-state index in [2.05, 4.69) is 9.88 Å². The van der Waals surface area contributed by atoms with Gasteiger partial charge in [-0.3, -0.25) is 4.90 Å². The van der Waals surface area contributed by atoms with Crippen LogP contribution in [0, 0.1) is 0 Å². The summed E-state index contributed by atoms with van der Waals surface area (Å²) in [6.07, 6.45) is 4.73. The summed E-state index contributed by atoms with van der Waals surface area (Å²) in [4.78, 5) is 8.04. The van der Waals surface area contributed by atoms with Crippen LogP contribution in [0.1, 0.15) is 31.9 Å². The van der Waals surface area contributed by atoms with Crippen LogP contribution in [0.5, 0.6) is 0 Å². The predicted molar refractivity (Wildman–Crippen MR) is 79.5 cm³/mol. The summed E-state index contributed by atoms with van der Waals surface area (Å²) in [5, 5.41) is 11.6. The Morgan fingerprint density at radius 1 is 1.60 bits per heavy atom.